The lowest BCUT2D eigenvalue weighted by Crippen LogP contribution is -2.63. The molecule has 0 spiro atoms. The Bertz CT molecular complexity index is 355. The number of amides is 1. The molecule has 0 radical (unpaired) electrons. The second-order valence-electron chi connectivity index (χ2n) is 4.66. The van der Waals surface area contributed by atoms with Crippen molar-refractivity contribution >= 4 is 11.9 Å². The summed E-state index contributed by atoms with van der Waals surface area (Å²) < 4.78 is 37.5. The van der Waals surface area contributed by atoms with Gasteiger partial charge in [0.1, 0.15) is 0 Å². The van der Waals surface area contributed by atoms with Crippen LogP contribution in [-0.2, 0) is 9.59 Å². The van der Waals surface area contributed by atoms with Gasteiger partial charge >= 0.3 is 12.1 Å². The zero-order valence-electron chi connectivity index (χ0n) is 9.75. The first-order valence-corrected chi connectivity index (χ1v) is 5.46. The first-order chi connectivity index (χ1) is 8.07. The summed E-state index contributed by atoms with van der Waals surface area (Å²) in [6.07, 6.45) is -3.64. The van der Waals surface area contributed by atoms with Gasteiger partial charge in [-0.2, -0.15) is 13.2 Å². The maximum atomic E-state index is 12.5. The van der Waals surface area contributed by atoms with E-state index in [0.717, 1.165) is 0 Å². The Morgan fingerprint density at radius 2 is 1.89 bits per heavy atom. The summed E-state index contributed by atoms with van der Waals surface area (Å²) in [6, 6.07) is -0.791. The van der Waals surface area contributed by atoms with Crippen molar-refractivity contribution in [1.29, 1.82) is 0 Å². The number of aliphatic carboxylic acids is 1. The zero-order chi connectivity index (χ0) is 14.1. The Kier molecular flexibility index (Phi) is 3.89. The van der Waals surface area contributed by atoms with Crippen LogP contribution in [0.4, 0.5) is 13.2 Å². The standard InChI is InChI=1S/C10H15F3N2O3/c1-9(14,10(11,12)13)8(18)15-6-4-2-3-5(6)7(16)17/h5-6H,2-4,14H2,1H3,(H,15,18)(H,16,17). The number of hydrogen-bond acceptors (Lipinski definition) is 3. The second-order valence-corrected chi connectivity index (χ2v) is 4.66. The molecule has 3 atom stereocenters. The molecule has 1 saturated carbocycles. The first-order valence-electron chi connectivity index (χ1n) is 5.46. The van der Waals surface area contributed by atoms with Gasteiger partial charge in [-0.3, -0.25) is 9.59 Å². The van der Waals surface area contributed by atoms with Crippen molar-refractivity contribution in [1.82, 2.24) is 5.32 Å². The molecular weight excluding hydrogens is 253 g/mol. The highest BCUT2D eigenvalue weighted by Gasteiger charge is 2.54. The Morgan fingerprint density at radius 3 is 2.33 bits per heavy atom. The predicted octanol–water partition coefficient (Wildman–Crippen LogP) is 0.636. The Labute approximate surface area is 102 Å². The molecule has 4 N–H and O–H groups in total. The fraction of sp³-hybridized carbons (Fsp3) is 0.800. The lowest BCUT2D eigenvalue weighted by atomic mass is 9.99. The van der Waals surface area contributed by atoms with E-state index in [1.165, 1.54) is 0 Å². The molecule has 1 aliphatic rings. The van der Waals surface area contributed by atoms with E-state index in [-0.39, 0.29) is 0 Å². The van der Waals surface area contributed by atoms with Gasteiger partial charge in [-0.15, -0.1) is 0 Å². The Morgan fingerprint density at radius 1 is 1.33 bits per heavy atom. The fourth-order valence-corrected chi connectivity index (χ4v) is 1.88. The molecule has 1 rings (SSSR count). The van der Waals surface area contributed by atoms with Crippen molar-refractivity contribution in [2.45, 2.75) is 43.9 Å². The smallest absolute Gasteiger partial charge is 0.415 e. The molecule has 1 fully saturated rings. The van der Waals surface area contributed by atoms with Crippen LogP contribution in [0, 0.1) is 5.92 Å². The van der Waals surface area contributed by atoms with Crippen LogP contribution in [0.15, 0.2) is 0 Å². The lowest BCUT2D eigenvalue weighted by molar-refractivity contribution is -0.187. The van der Waals surface area contributed by atoms with E-state index in [9.17, 15) is 22.8 Å². The number of hydrogen-bond donors (Lipinski definition) is 3. The summed E-state index contributed by atoms with van der Waals surface area (Å²) in [5.74, 6) is -3.37. The largest absolute Gasteiger partial charge is 0.481 e. The van der Waals surface area contributed by atoms with Crippen LogP contribution in [-0.4, -0.2) is 34.7 Å². The third kappa shape index (κ3) is 2.74. The monoisotopic (exact) mass is 268 g/mol. The van der Waals surface area contributed by atoms with E-state index in [1.807, 2.05) is 0 Å². The maximum absolute atomic E-state index is 12.5. The van der Waals surface area contributed by atoms with Gasteiger partial charge in [0, 0.05) is 6.04 Å². The minimum atomic E-state index is -4.88. The molecule has 3 unspecified atom stereocenters. The van der Waals surface area contributed by atoms with Gasteiger partial charge in [-0.25, -0.2) is 0 Å². The zero-order valence-corrected chi connectivity index (χ0v) is 9.75. The van der Waals surface area contributed by atoms with Gasteiger partial charge in [0.05, 0.1) is 5.92 Å². The number of alkyl halides is 3. The van der Waals surface area contributed by atoms with E-state index in [2.05, 4.69) is 5.32 Å². The van der Waals surface area contributed by atoms with Crippen LogP contribution >= 0.6 is 0 Å². The van der Waals surface area contributed by atoms with E-state index in [0.29, 0.717) is 26.2 Å². The predicted molar refractivity (Wildman–Crippen MR) is 55.6 cm³/mol. The number of rotatable bonds is 3. The van der Waals surface area contributed by atoms with Crippen molar-refractivity contribution in [3.8, 4) is 0 Å². The third-order valence-electron chi connectivity index (χ3n) is 3.21. The van der Waals surface area contributed by atoms with Gasteiger partial charge in [0.15, 0.2) is 5.54 Å². The van der Waals surface area contributed by atoms with Gasteiger partial charge in [0.2, 0.25) is 5.91 Å². The molecule has 0 saturated heterocycles. The summed E-state index contributed by atoms with van der Waals surface area (Å²) in [7, 11) is 0. The third-order valence-corrected chi connectivity index (χ3v) is 3.21. The Balaban J connectivity index is 2.74. The molecule has 8 heteroatoms. The molecule has 1 aliphatic carbocycles. The van der Waals surface area contributed by atoms with Crippen molar-refractivity contribution in [3.05, 3.63) is 0 Å². The van der Waals surface area contributed by atoms with Crippen molar-refractivity contribution in [2.24, 2.45) is 11.7 Å². The molecule has 104 valence electrons. The minimum absolute atomic E-state index is 0.341. The first kappa shape index (κ1) is 14.7. The number of nitrogens with two attached hydrogens (primary N) is 1. The van der Waals surface area contributed by atoms with E-state index < -0.39 is 35.6 Å². The van der Waals surface area contributed by atoms with E-state index in [1.54, 1.807) is 0 Å². The average molecular weight is 268 g/mol. The maximum Gasteiger partial charge on any atom is 0.415 e. The number of carboxylic acids is 1. The molecule has 1 amide bonds. The van der Waals surface area contributed by atoms with Crippen LogP contribution in [0.3, 0.4) is 0 Å². The molecular formula is C10H15F3N2O3. The van der Waals surface area contributed by atoms with Crippen LogP contribution in [0.1, 0.15) is 26.2 Å². The highest BCUT2D eigenvalue weighted by molar-refractivity contribution is 5.87. The van der Waals surface area contributed by atoms with Crippen molar-refractivity contribution in [2.75, 3.05) is 0 Å². The van der Waals surface area contributed by atoms with Crippen LogP contribution in [0.2, 0.25) is 0 Å². The number of carbonyl (C=O) groups excluding carboxylic acids is 1. The minimum Gasteiger partial charge on any atom is -0.481 e. The van der Waals surface area contributed by atoms with Crippen LogP contribution in [0.5, 0.6) is 0 Å². The molecule has 0 aliphatic heterocycles. The normalized spacial score (nSPS) is 27.6. The molecule has 0 heterocycles. The summed E-state index contributed by atoms with van der Waals surface area (Å²) in [5, 5.41) is 10.9. The van der Waals surface area contributed by atoms with Gasteiger partial charge in [0.25, 0.3) is 0 Å². The summed E-state index contributed by atoms with van der Waals surface area (Å²) in [5.41, 5.74) is 1.94. The Hall–Kier alpha value is -1.31. The fourth-order valence-electron chi connectivity index (χ4n) is 1.88. The SMILES string of the molecule is CC(N)(C(=O)NC1CCCC1C(=O)O)C(F)(F)F. The number of carbonyl (C=O) groups is 2. The highest BCUT2D eigenvalue weighted by Crippen LogP contribution is 2.30. The van der Waals surface area contributed by atoms with Crippen LogP contribution in [0.25, 0.3) is 0 Å². The highest BCUT2D eigenvalue weighted by atomic mass is 19.4. The van der Waals surface area contributed by atoms with Crippen molar-refractivity contribution < 1.29 is 27.9 Å². The molecule has 0 aromatic carbocycles. The van der Waals surface area contributed by atoms with E-state index in [4.69, 9.17) is 10.8 Å². The summed E-state index contributed by atoms with van der Waals surface area (Å²) >= 11 is 0. The van der Waals surface area contributed by atoms with Crippen molar-refractivity contribution in [3.63, 3.8) is 0 Å². The molecule has 0 aromatic rings. The molecule has 5 nitrogen and oxygen atoms in total. The number of halogens is 3. The summed E-state index contributed by atoms with van der Waals surface area (Å²) in [4.78, 5) is 22.3. The molecule has 18 heavy (non-hydrogen) atoms. The summed E-state index contributed by atoms with van der Waals surface area (Å²) in [6.45, 7) is 0.563. The molecule has 0 aromatic heterocycles. The molecule has 0 bridgehead atoms. The van der Waals surface area contributed by atoms with Crippen LogP contribution < -0.4 is 11.1 Å². The van der Waals surface area contributed by atoms with Gasteiger partial charge < -0.3 is 16.2 Å². The topological polar surface area (TPSA) is 92.4 Å². The lowest BCUT2D eigenvalue weighted by Gasteiger charge is -2.28. The van der Waals surface area contributed by atoms with E-state index >= 15 is 0 Å². The average Bonchev–Trinajstić information content (AvgIpc) is 2.63. The second kappa shape index (κ2) is 4.75. The quantitative estimate of drug-likeness (QED) is 0.700. The number of carboxylic acid groups (broad SMARTS) is 1. The van der Waals surface area contributed by atoms with Gasteiger partial charge in [-0.1, -0.05) is 6.42 Å². The van der Waals surface area contributed by atoms with Gasteiger partial charge in [-0.05, 0) is 19.8 Å². The number of nitrogens with one attached hydrogen (secondary N) is 1.